The molecule has 0 bridgehead atoms. The van der Waals surface area contributed by atoms with Gasteiger partial charge >= 0.3 is 0 Å². The summed E-state index contributed by atoms with van der Waals surface area (Å²) in [5, 5.41) is 3.10. The molecule has 6 heteroatoms. The predicted octanol–water partition coefficient (Wildman–Crippen LogP) is 4.68. The summed E-state index contributed by atoms with van der Waals surface area (Å²) in [6, 6.07) is 9.74. The average molecular weight is 436 g/mol. The molecule has 0 atom stereocenters. The van der Waals surface area contributed by atoms with Crippen LogP contribution in [0.4, 0.5) is 11.4 Å². The summed E-state index contributed by atoms with van der Waals surface area (Å²) in [5.41, 5.74) is 4.73. The Balaban J connectivity index is 1.68. The number of nitrogens with zero attached hydrogens (tertiary/aromatic N) is 2. The van der Waals surface area contributed by atoms with Crippen LogP contribution in [0.5, 0.6) is 5.75 Å². The molecule has 2 aromatic rings. The Bertz CT molecular complexity index is 1050. The van der Waals surface area contributed by atoms with Crippen molar-refractivity contribution < 1.29 is 14.3 Å². The second kappa shape index (κ2) is 8.49. The maximum atomic E-state index is 13.8. The normalized spacial score (nSPS) is 17.2. The number of methoxy groups -OCH3 is 1. The zero-order chi connectivity index (χ0) is 23.0. The van der Waals surface area contributed by atoms with E-state index in [2.05, 4.69) is 18.3 Å². The third-order valence-corrected chi connectivity index (χ3v) is 7.05. The van der Waals surface area contributed by atoms with E-state index < -0.39 is 5.54 Å². The van der Waals surface area contributed by atoms with Gasteiger partial charge in [-0.1, -0.05) is 25.3 Å². The molecule has 2 aliphatic rings. The smallest absolute Gasteiger partial charge is 0.255 e. The van der Waals surface area contributed by atoms with Crippen LogP contribution in [0.2, 0.25) is 0 Å². The number of ether oxygens (including phenoxy) is 1. The molecule has 1 saturated carbocycles. The molecular formula is C26H33N3O3. The minimum absolute atomic E-state index is 0.0367. The standard InChI is InChI=1S/C26H33N3O3/c1-17-9-10-19(14-23(17)32-5)27-25(31)26(11-7-6-8-12-26)29-16-22-18(2)13-20(28(3)4)15-21(22)24(29)30/h9-10,13-15H,6-8,11-12,16H2,1-5H3,(H,27,31). The van der Waals surface area contributed by atoms with Crippen LogP contribution in [-0.2, 0) is 11.3 Å². The van der Waals surface area contributed by atoms with Crippen molar-refractivity contribution in [3.05, 3.63) is 52.6 Å². The van der Waals surface area contributed by atoms with Gasteiger partial charge in [0, 0.05) is 43.6 Å². The highest BCUT2D eigenvalue weighted by Crippen LogP contribution is 2.41. The number of nitrogens with one attached hydrogen (secondary N) is 1. The van der Waals surface area contributed by atoms with Crippen LogP contribution >= 0.6 is 0 Å². The van der Waals surface area contributed by atoms with Crippen LogP contribution in [0.3, 0.4) is 0 Å². The number of carbonyl (C=O) groups is 2. The Kier molecular flexibility index (Phi) is 5.89. The van der Waals surface area contributed by atoms with Gasteiger partial charge in [-0.05, 0) is 61.6 Å². The van der Waals surface area contributed by atoms with Gasteiger partial charge in [0.25, 0.3) is 5.91 Å². The molecule has 32 heavy (non-hydrogen) atoms. The highest BCUT2D eigenvalue weighted by Gasteiger charge is 2.50. The maximum Gasteiger partial charge on any atom is 0.255 e. The molecule has 2 aromatic carbocycles. The van der Waals surface area contributed by atoms with E-state index in [9.17, 15) is 9.59 Å². The monoisotopic (exact) mass is 435 g/mol. The van der Waals surface area contributed by atoms with Crippen molar-refractivity contribution in [2.45, 2.75) is 58.0 Å². The van der Waals surface area contributed by atoms with Crippen molar-refractivity contribution in [1.29, 1.82) is 0 Å². The van der Waals surface area contributed by atoms with Crippen LogP contribution < -0.4 is 15.0 Å². The second-order valence-electron chi connectivity index (χ2n) is 9.31. The molecule has 4 rings (SSSR count). The number of carbonyl (C=O) groups excluding carboxylic acids is 2. The third kappa shape index (κ3) is 3.72. The molecule has 1 heterocycles. The molecule has 6 nitrogen and oxygen atoms in total. The number of anilines is 2. The molecule has 1 N–H and O–H groups in total. The minimum atomic E-state index is -0.836. The topological polar surface area (TPSA) is 61.9 Å². The van der Waals surface area contributed by atoms with Gasteiger partial charge in [0.2, 0.25) is 5.91 Å². The number of benzene rings is 2. The zero-order valence-corrected chi connectivity index (χ0v) is 19.7. The summed E-state index contributed by atoms with van der Waals surface area (Å²) >= 11 is 0. The van der Waals surface area contributed by atoms with Crippen molar-refractivity contribution in [3.8, 4) is 5.75 Å². The molecule has 0 saturated heterocycles. The highest BCUT2D eigenvalue weighted by atomic mass is 16.5. The molecule has 1 fully saturated rings. The van der Waals surface area contributed by atoms with Gasteiger partial charge < -0.3 is 19.9 Å². The van der Waals surface area contributed by atoms with Crippen molar-refractivity contribution >= 4 is 23.2 Å². The first kappa shape index (κ1) is 22.2. The fourth-order valence-corrected chi connectivity index (χ4v) is 5.08. The van der Waals surface area contributed by atoms with Crippen molar-refractivity contribution in [1.82, 2.24) is 4.90 Å². The van der Waals surface area contributed by atoms with Crippen molar-refractivity contribution in [2.24, 2.45) is 0 Å². The molecule has 0 radical (unpaired) electrons. The van der Waals surface area contributed by atoms with E-state index in [4.69, 9.17) is 4.74 Å². The van der Waals surface area contributed by atoms with E-state index in [-0.39, 0.29) is 11.8 Å². The number of hydrogen-bond acceptors (Lipinski definition) is 4. The van der Waals surface area contributed by atoms with Crippen molar-refractivity contribution in [3.63, 3.8) is 0 Å². The largest absolute Gasteiger partial charge is 0.496 e. The first-order valence-corrected chi connectivity index (χ1v) is 11.4. The number of rotatable bonds is 5. The van der Waals surface area contributed by atoms with Gasteiger partial charge in [0.05, 0.1) is 7.11 Å². The molecule has 170 valence electrons. The number of amides is 2. The number of fused-ring (bicyclic) bond motifs is 1. The summed E-state index contributed by atoms with van der Waals surface area (Å²) < 4.78 is 5.42. The lowest BCUT2D eigenvalue weighted by Gasteiger charge is -2.43. The minimum Gasteiger partial charge on any atom is -0.496 e. The Labute approximate surface area is 190 Å². The fourth-order valence-electron chi connectivity index (χ4n) is 5.08. The van der Waals surface area contributed by atoms with E-state index >= 15 is 0 Å². The molecular weight excluding hydrogens is 402 g/mol. The lowest BCUT2D eigenvalue weighted by atomic mass is 9.79. The van der Waals surface area contributed by atoms with Crippen molar-refractivity contribution in [2.75, 3.05) is 31.4 Å². The van der Waals surface area contributed by atoms with Gasteiger partial charge in [-0.25, -0.2) is 0 Å². The van der Waals surface area contributed by atoms with Gasteiger partial charge in [0.15, 0.2) is 0 Å². The van der Waals surface area contributed by atoms with Crippen LogP contribution in [0.15, 0.2) is 30.3 Å². The van der Waals surface area contributed by atoms with Crippen LogP contribution in [0.1, 0.15) is 59.2 Å². The molecule has 0 unspecified atom stereocenters. The van der Waals surface area contributed by atoms with Crippen LogP contribution in [0.25, 0.3) is 0 Å². The van der Waals surface area contributed by atoms with E-state index in [1.807, 2.05) is 55.1 Å². The maximum absolute atomic E-state index is 13.8. The highest BCUT2D eigenvalue weighted by molar-refractivity contribution is 6.06. The zero-order valence-electron chi connectivity index (χ0n) is 19.7. The Morgan fingerprint density at radius 1 is 1.06 bits per heavy atom. The lowest BCUT2D eigenvalue weighted by molar-refractivity contribution is -0.129. The number of aryl methyl sites for hydroxylation is 2. The lowest BCUT2D eigenvalue weighted by Crippen LogP contribution is -2.58. The van der Waals surface area contributed by atoms with Gasteiger partial charge in [-0.3, -0.25) is 9.59 Å². The first-order chi connectivity index (χ1) is 15.3. The average Bonchev–Trinajstić information content (AvgIpc) is 3.13. The Hall–Kier alpha value is -3.02. The summed E-state index contributed by atoms with van der Waals surface area (Å²) in [6.07, 6.45) is 4.33. The molecule has 1 aliphatic carbocycles. The summed E-state index contributed by atoms with van der Waals surface area (Å²) in [5.74, 6) is 0.595. The van der Waals surface area contributed by atoms with Gasteiger partial charge in [-0.2, -0.15) is 0 Å². The summed E-state index contributed by atoms with van der Waals surface area (Å²) in [4.78, 5) is 31.2. The van der Waals surface area contributed by atoms with E-state index in [1.54, 1.807) is 7.11 Å². The first-order valence-electron chi connectivity index (χ1n) is 11.4. The number of hydrogen-bond donors (Lipinski definition) is 1. The quantitative estimate of drug-likeness (QED) is 0.741. The van der Waals surface area contributed by atoms with Crippen LogP contribution in [-0.4, -0.2) is 43.5 Å². The molecule has 2 amide bonds. The van der Waals surface area contributed by atoms with E-state index in [0.717, 1.165) is 53.0 Å². The SMILES string of the molecule is COc1cc(NC(=O)C2(N3Cc4c(C)cc(N(C)C)cc4C3=O)CCCCC2)ccc1C. The summed E-state index contributed by atoms with van der Waals surface area (Å²) in [7, 11) is 5.58. The van der Waals surface area contributed by atoms with E-state index in [0.29, 0.717) is 25.1 Å². The molecule has 1 aliphatic heterocycles. The molecule has 0 aromatic heterocycles. The van der Waals surface area contributed by atoms with Gasteiger partial charge in [-0.15, -0.1) is 0 Å². The second-order valence-corrected chi connectivity index (χ2v) is 9.31. The Morgan fingerprint density at radius 2 is 1.78 bits per heavy atom. The van der Waals surface area contributed by atoms with E-state index in [1.165, 1.54) is 0 Å². The molecule has 0 spiro atoms. The van der Waals surface area contributed by atoms with Gasteiger partial charge in [0.1, 0.15) is 11.3 Å². The predicted molar refractivity (Wildman–Crippen MR) is 128 cm³/mol. The Morgan fingerprint density at radius 3 is 2.44 bits per heavy atom. The van der Waals surface area contributed by atoms with Crippen LogP contribution in [0, 0.1) is 13.8 Å². The fraction of sp³-hybridized carbons (Fsp3) is 0.462. The summed E-state index contributed by atoms with van der Waals surface area (Å²) in [6.45, 7) is 4.50. The third-order valence-electron chi connectivity index (χ3n) is 7.05.